The molecule has 5 nitrogen and oxygen atoms in total. The Bertz CT molecular complexity index is 350. The summed E-state index contributed by atoms with van der Waals surface area (Å²) in [7, 11) is 0. The minimum atomic E-state index is 0.253. The normalized spacial score (nSPS) is 18.2. The number of aryl methyl sites for hydroxylation is 1. The molecule has 1 aromatic rings. The van der Waals surface area contributed by atoms with Crippen LogP contribution in [0.5, 0.6) is 0 Å². The molecule has 1 saturated heterocycles. The molecule has 0 aromatic carbocycles. The quantitative estimate of drug-likeness (QED) is 0.804. The van der Waals surface area contributed by atoms with Gasteiger partial charge < -0.3 is 15.3 Å². The molecule has 1 aliphatic heterocycles. The second-order valence-corrected chi connectivity index (χ2v) is 4.53. The monoisotopic (exact) mass is 236 g/mol. The van der Waals surface area contributed by atoms with Crippen LogP contribution in [0.2, 0.25) is 0 Å². The van der Waals surface area contributed by atoms with E-state index in [-0.39, 0.29) is 6.61 Å². The molecule has 0 amide bonds. The van der Waals surface area contributed by atoms with E-state index in [9.17, 15) is 0 Å². The zero-order valence-corrected chi connectivity index (χ0v) is 10.3. The topological polar surface area (TPSA) is 61.3 Å². The number of rotatable bonds is 4. The molecule has 0 aliphatic carbocycles. The summed E-state index contributed by atoms with van der Waals surface area (Å²) in [5, 5.41) is 12.3. The number of piperidine rings is 1. The van der Waals surface area contributed by atoms with E-state index in [0.29, 0.717) is 6.04 Å². The van der Waals surface area contributed by atoms with E-state index in [2.05, 4.69) is 20.2 Å². The van der Waals surface area contributed by atoms with Gasteiger partial charge in [0.2, 0.25) is 0 Å². The lowest BCUT2D eigenvalue weighted by Gasteiger charge is -2.32. The van der Waals surface area contributed by atoms with E-state index in [0.717, 1.165) is 44.0 Å². The second kappa shape index (κ2) is 5.93. The van der Waals surface area contributed by atoms with Gasteiger partial charge in [-0.05, 0) is 19.8 Å². The Morgan fingerprint density at radius 1 is 1.41 bits per heavy atom. The summed E-state index contributed by atoms with van der Waals surface area (Å²) in [6, 6.07) is 2.46. The lowest BCUT2D eigenvalue weighted by molar-refractivity contribution is 0.168. The Balaban J connectivity index is 1.82. The van der Waals surface area contributed by atoms with E-state index >= 15 is 0 Å². The summed E-state index contributed by atoms with van der Waals surface area (Å²) in [4.78, 5) is 10.6. The molecule has 1 fully saturated rings. The van der Waals surface area contributed by atoms with Crippen LogP contribution in [0, 0.1) is 6.92 Å². The number of aromatic nitrogens is 2. The number of nitrogens with one attached hydrogen (secondary N) is 1. The zero-order valence-electron chi connectivity index (χ0n) is 10.3. The van der Waals surface area contributed by atoms with Crippen LogP contribution in [0.3, 0.4) is 0 Å². The highest BCUT2D eigenvalue weighted by Crippen LogP contribution is 2.14. The van der Waals surface area contributed by atoms with Crippen molar-refractivity contribution in [2.75, 3.05) is 31.6 Å². The Labute approximate surface area is 102 Å². The van der Waals surface area contributed by atoms with E-state index in [4.69, 9.17) is 5.11 Å². The van der Waals surface area contributed by atoms with Gasteiger partial charge in [-0.3, -0.25) is 0 Å². The molecule has 0 unspecified atom stereocenters. The smallest absolute Gasteiger partial charge is 0.129 e. The molecule has 94 valence electrons. The van der Waals surface area contributed by atoms with Crippen molar-refractivity contribution in [3.8, 4) is 0 Å². The molecule has 17 heavy (non-hydrogen) atoms. The molecule has 2 N–H and O–H groups in total. The molecule has 0 atom stereocenters. The van der Waals surface area contributed by atoms with E-state index in [1.54, 1.807) is 6.33 Å². The van der Waals surface area contributed by atoms with E-state index < -0.39 is 0 Å². The Morgan fingerprint density at radius 2 is 2.18 bits per heavy atom. The van der Waals surface area contributed by atoms with Crippen molar-refractivity contribution in [2.24, 2.45) is 0 Å². The van der Waals surface area contributed by atoms with Crippen LogP contribution < -0.4 is 5.32 Å². The maximum atomic E-state index is 8.88. The van der Waals surface area contributed by atoms with Crippen LogP contribution in [0.4, 0.5) is 5.82 Å². The predicted octanol–water partition coefficient (Wildman–Crippen LogP) is 0.654. The fourth-order valence-corrected chi connectivity index (χ4v) is 2.18. The van der Waals surface area contributed by atoms with Crippen molar-refractivity contribution in [3.63, 3.8) is 0 Å². The summed E-state index contributed by atoms with van der Waals surface area (Å²) in [5.74, 6) is 0.915. The summed E-state index contributed by atoms with van der Waals surface area (Å²) < 4.78 is 0. The third kappa shape index (κ3) is 3.64. The van der Waals surface area contributed by atoms with Gasteiger partial charge >= 0.3 is 0 Å². The Kier molecular flexibility index (Phi) is 4.28. The minimum absolute atomic E-state index is 0.253. The van der Waals surface area contributed by atoms with Gasteiger partial charge in [-0.15, -0.1) is 0 Å². The van der Waals surface area contributed by atoms with Gasteiger partial charge in [0.15, 0.2) is 0 Å². The molecule has 0 spiro atoms. The van der Waals surface area contributed by atoms with Gasteiger partial charge in [0.1, 0.15) is 12.1 Å². The number of aliphatic hydroxyl groups is 1. The van der Waals surface area contributed by atoms with Crippen LogP contribution in [-0.2, 0) is 0 Å². The first kappa shape index (κ1) is 12.3. The first-order valence-electron chi connectivity index (χ1n) is 6.16. The Morgan fingerprint density at radius 3 is 2.82 bits per heavy atom. The molecule has 1 aromatic heterocycles. The molecule has 0 bridgehead atoms. The number of likely N-dealkylation sites (tertiary alicyclic amines) is 1. The van der Waals surface area contributed by atoms with Gasteiger partial charge in [0.05, 0.1) is 6.61 Å². The zero-order chi connectivity index (χ0) is 12.1. The summed E-state index contributed by atoms with van der Waals surface area (Å²) in [6.45, 7) is 5.10. The molecular formula is C12H20N4O. The number of nitrogens with zero attached hydrogens (tertiary/aromatic N) is 3. The predicted molar refractivity (Wildman–Crippen MR) is 66.9 cm³/mol. The van der Waals surface area contributed by atoms with Crippen molar-refractivity contribution >= 4 is 5.82 Å². The SMILES string of the molecule is Cc1cc(NC2CCN(CCO)CC2)ncn1. The van der Waals surface area contributed by atoms with Crippen LogP contribution in [0.25, 0.3) is 0 Å². The second-order valence-electron chi connectivity index (χ2n) is 4.53. The third-order valence-electron chi connectivity index (χ3n) is 3.16. The van der Waals surface area contributed by atoms with Gasteiger partial charge in [-0.2, -0.15) is 0 Å². The van der Waals surface area contributed by atoms with Crippen molar-refractivity contribution in [3.05, 3.63) is 18.1 Å². The highest BCUT2D eigenvalue weighted by molar-refractivity contribution is 5.35. The summed E-state index contributed by atoms with van der Waals surface area (Å²) in [6.07, 6.45) is 3.80. The highest BCUT2D eigenvalue weighted by Gasteiger charge is 2.18. The fourth-order valence-electron chi connectivity index (χ4n) is 2.18. The van der Waals surface area contributed by atoms with Gasteiger partial charge in [0.25, 0.3) is 0 Å². The van der Waals surface area contributed by atoms with Gasteiger partial charge in [-0.1, -0.05) is 0 Å². The largest absolute Gasteiger partial charge is 0.395 e. The molecule has 2 heterocycles. The standard InChI is InChI=1S/C12H20N4O/c1-10-8-12(14-9-13-10)15-11-2-4-16(5-3-11)6-7-17/h8-9,11,17H,2-7H2,1H3,(H,13,14,15). The fraction of sp³-hybridized carbons (Fsp3) is 0.667. The van der Waals surface area contributed by atoms with Gasteiger partial charge in [0, 0.05) is 37.4 Å². The third-order valence-corrected chi connectivity index (χ3v) is 3.16. The van der Waals surface area contributed by atoms with E-state index in [1.807, 2.05) is 13.0 Å². The summed E-state index contributed by atoms with van der Waals surface area (Å²) >= 11 is 0. The minimum Gasteiger partial charge on any atom is -0.395 e. The maximum absolute atomic E-state index is 8.88. The summed E-state index contributed by atoms with van der Waals surface area (Å²) in [5.41, 5.74) is 0.986. The Hall–Kier alpha value is -1.20. The number of hydrogen-bond acceptors (Lipinski definition) is 5. The van der Waals surface area contributed by atoms with Crippen molar-refractivity contribution in [1.82, 2.24) is 14.9 Å². The van der Waals surface area contributed by atoms with Crippen LogP contribution in [-0.4, -0.2) is 52.3 Å². The van der Waals surface area contributed by atoms with Crippen LogP contribution in [0.1, 0.15) is 18.5 Å². The molecule has 5 heteroatoms. The lowest BCUT2D eigenvalue weighted by Crippen LogP contribution is -2.40. The molecule has 0 saturated carbocycles. The molecule has 1 aliphatic rings. The highest BCUT2D eigenvalue weighted by atomic mass is 16.3. The van der Waals surface area contributed by atoms with Crippen LogP contribution in [0.15, 0.2) is 12.4 Å². The molecular weight excluding hydrogens is 216 g/mol. The van der Waals surface area contributed by atoms with Gasteiger partial charge in [-0.25, -0.2) is 9.97 Å². The molecule has 0 radical (unpaired) electrons. The van der Waals surface area contributed by atoms with Crippen LogP contribution >= 0.6 is 0 Å². The van der Waals surface area contributed by atoms with Crippen molar-refractivity contribution in [2.45, 2.75) is 25.8 Å². The number of hydrogen-bond donors (Lipinski definition) is 2. The number of β-amino-alcohol motifs (C(OH)–C–C–N with tert-alkyl or cyclic N) is 1. The number of anilines is 1. The van der Waals surface area contributed by atoms with E-state index in [1.165, 1.54) is 0 Å². The maximum Gasteiger partial charge on any atom is 0.129 e. The first-order chi connectivity index (χ1) is 8.28. The first-order valence-corrected chi connectivity index (χ1v) is 6.16. The molecule has 2 rings (SSSR count). The average Bonchev–Trinajstić information content (AvgIpc) is 2.32. The van der Waals surface area contributed by atoms with Crippen molar-refractivity contribution < 1.29 is 5.11 Å². The lowest BCUT2D eigenvalue weighted by atomic mass is 10.1. The number of aliphatic hydroxyl groups excluding tert-OH is 1. The van der Waals surface area contributed by atoms with Crippen molar-refractivity contribution in [1.29, 1.82) is 0 Å². The average molecular weight is 236 g/mol.